The van der Waals surface area contributed by atoms with Gasteiger partial charge in [-0.15, -0.1) is 0 Å². The van der Waals surface area contributed by atoms with Crippen molar-refractivity contribution in [2.75, 3.05) is 18.9 Å². The van der Waals surface area contributed by atoms with Crippen LogP contribution in [0.15, 0.2) is 18.2 Å². The van der Waals surface area contributed by atoms with Crippen molar-refractivity contribution in [2.45, 2.75) is 26.2 Å². The van der Waals surface area contributed by atoms with Crippen LogP contribution in [0.3, 0.4) is 0 Å². The zero-order valence-corrected chi connectivity index (χ0v) is 9.70. The van der Waals surface area contributed by atoms with Crippen molar-refractivity contribution in [2.24, 2.45) is 0 Å². The Balaban J connectivity index is 2.44. The van der Waals surface area contributed by atoms with E-state index in [0.29, 0.717) is 5.56 Å². The second kappa shape index (κ2) is 6.86. The third-order valence-electron chi connectivity index (χ3n) is 2.46. The first-order valence-corrected chi connectivity index (χ1v) is 5.64. The number of nitriles is 1. The lowest BCUT2D eigenvalue weighted by Crippen LogP contribution is -1.98. The average Bonchev–Trinajstić information content (AvgIpc) is 2.31. The minimum absolute atomic E-state index is 0.675. The normalized spacial score (nSPS) is 10.0. The highest BCUT2D eigenvalue weighted by Crippen LogP contribution is 2.16. The van der Waals surface area contributed by atoms with E-state index in [4.69, 9.17) is 15.7 Å². The molecule has 1 aromatic carbocycles. The van der Waals surface area contributed by atoms with Crippen LogP contribution in [0.2, 0.25) is 0 Å². The van der Waals surface area contributed by atoms with Gasteiger partial charge < -0.3 is 10.5 Å². The number of aryl methyl sites for hydroxylation is 1. The van der Waals surface area contributed by atoms with Crippen LogP contribution in [0.4, 0.5) is 5.69 Å². The fourth-order valence-corrected chi connectivity index (χ4v) is 1.56. The summed E-state index contributed by atoms with van der Waals surface area (Å²) in [6.45, 7) is 3.56. The lowest BCUT2D eigenvalue weighted by Gasteiger charge is -2.06. The van der Waals surface area contributed by atoms with Crippen LogP contribution < -0.4 is 5.73 Å². The second-order valence-electron chi connectivity index (χ2n) is 3.68. The first-order chi connectivity index (χ1) is 7.77. The molecule has 0 radical (unpaired) electrons. The van der Waals surface area contributed by atoms with Crippen LogP contribution in [0.25, 0.3) is 0 Å². The van der Waals surface area contributed by atoms with Gasteiger partial charge in [0.15, 0.2) is 0 Å². The van der Waals surface area contributed by atoms with E-state index in [0.717, 1.165) is 43.7 Å². The highest BCUT2D eigenvalue weighted by molar-refractivity contribution is 5.51. The molecule has 86 valence electrons. The summed E-state index contributed by atoms with van der Waals surface area (Å²) >= 11 is 0. The van der Waals surface area contributed by atoms with Crippen molar-refractivity contribution < 1.29 is 4.74 Å². The molecule has 0 heterocycles. The smallest absolute Gasteiger partial charge is 0.0991 e. The largest absolute Gasteiger partial charge is 0.399 e. The number of rotatable bonds is 6. The van der Waals surface area contributed by atoms with Gasteiger partial charge in [-0.05, 0) is 49.9 Å². The minimum Gasteiger partial charge on any atom is -0.399 e. The molecule has 16 heavy (non-hydrogen) atoms. The number of anilines is 1. The standard InChI is InChI=1S/C13H18N2O/c1-2-16-8-4-3-5-12-9-11(10-14)6-7-13(12)15/h6-7,9H,2-5,8,15H2,1H3. The van der Waals surface area contributed by atoms with Gasteiger partial charge >= 0.3 is 0 Å². The Kier molecular flexibility index (Phi) is 5.38. The van der Waals surface area contributed by atoms with E-state index in [-0.39, 0.29) is 0 Å². The Morgan fingerprint density at radius 3 is 2.88 bits per heavy atom. The molecular weight excluding hydrogens is 200 g/mol. The van der Waals surface area contributed by atoms with Crippen molar-refractivity contribution in [3.8, 4) is 6.07 Å². The number of nitrogen functional groups attached to an aromatic ring is 1. The molecule has 3 nitrogen and oxygen atoms in total. The van der Waals surface area contributed by atoms with Gasteiger partial charge in [0, 0.05) is 18.9 Å². The summed E-state index contributed by atoms with van der Waals surface area (Å²) in [6, 6.07) is 7.55. The lowest BCUT2D eigenvalue weighted by molar-refractivity contribution is 0.143. The van der Waals surface area contributed by atoms with E-state index in [1.54, 1.807) is 12.1 Å². The van der Waals surface area contributed by atoms with Gasteiger partial charge in [-0.1, -0.05) is 0 Å². The Morgan fingerprint density at radius 1 is 1.38 bits per heavy atom. The number of benzene rings is 1. The monoisotopic (exact) mass is 218 g/mol. The maximum Gasteiger partial charge on any atom is 0.0991 e. The van der Waals surface area contributed by atoms with E-state index in [1.165, 1.54) is 0 Å². The summed E-state index contributed by atoms with van der Waals surface area (Å²) in [5.41, 5.74) is 8.36. The van der Waals surface area contributed by atoms with Crippen molar-refractivity contribution in [3.63, 3.8) is 0 Å². The van der Waals surface area contributed by atoms with Crippen LogP contribution in [0.5, 0.6) is 0 Å². The predicted octanol–water partition coefficient (Wildman–Crippen LogP) is 2.50. The lowest BCUT2D eigenvalue weighted by atomic mass is 10.0. The summed E-state index contributed by atoms with van der Waals surface area (Å²) in [7, 11) is 0. The molecule has 1 rings (SSSR count). The van der Waals surface area contributed by atoms with Gasteiger partial charge in [-0.3, -0.25) is 0 Å². The zero-order chi connectivity index (χ0) is 11.8. The maximum atomic E-state index is 8.78. The average molecular weight is 218 g/mol. The van der Waals surface area contributed by atoms with Gasteiger partial charge in [0.25, 0.3) is 0 Å². The predicted molar refractivity (Wildman–Crippen MR) is 65.0 cm³/mol. The summed E-state index contributed by atoms with van der Waals surface area (Å²) in [5, 5.41) is 8.78. The molecule has 0 unspecified atom stereocenters. The molecule has 0 aromatic heterocycles. The van der Waals surface area contributed by atoms with E-state index in [1.807, 2.05) is 13.0 Å². The minimum atomic E-state index is 0.675. The molecule has 0 aliphatic heterocycles. The molecule has 2 N–H and O–H groups in total. The van der Waals surface area contributed by atoms with Crippen molar-refractivity contribution in [1.82, 2.24) is 0 Å². The van der Waals surface area contributed by atoms with E-state index in [9.17, 15) is 0 Å². The van der Waals surface area contributed by atoms with Crippen LogP contribution in [0, 0.1) is 11.3 Å². The highest BCUT2D eigenvalue weighted by atomic mass is 16.5. The number of nitrogens with zero attached hydrogens (tertiary/aromatic N) is 1. The Bertz CT molecular complexity index is 369. The van der Waals surface area contributed by atoms with Gasteiger partial charge in [-0.2, -0.15) is 5.26 Å². The van der Waals surface area contributed by atoms with E-state index < -0.39 is 0 Å². The van der Waals surface area contributed by atoms with Gasteiger partial charge in [-0.25, -0.2) is 0 Å². The van der Waals surface area contributed by atoms with Crippen molar-refractivity contribution >= 4 is 5.69 Å². The number of hydrogen-bond donors (Lipinski definition) is 1. The maximum absolute atomic E-state index is 8.78. The van der Waals surface area contributed by atoms with Crippen LogP contribution in [0.1, 0.15) is 30.9 Å². The fraction of sp³-hybridized carbons (Fsp3) is 0.462. The molecule has 0 bridgehead atoms. The molecule has 0 aliphatic rings. The first-order valence-electron chi connectivity index (χ1n) is 5.64. The van der Waals surface area contributed by atoms with Gasteiger partial charge in [0.05, 0.1) is 11.6 Å². The Labute approximate surface area is 96.8 Å². The van der Waals surface area contributed by atoms with E-state index in [2.05, 4.69) is 6.07 Å². The molecule has 0 spiro atoms. The summed E-state index contributed by atoms with van der Waals surface area (Å²) < 4.78 is 5.26. The topological polar surface area (TPSA) is 59.0 Å². The quantitative estimate of drug-likeness (QED) is 0.589. The van der Waals surface area contributed by atoms with Crippen LogP contribution in [-0.4, -0.2) is 13.2 Å². The zero-order valence-electron chi connectivity index (χ0n) is 9.70. The summed E-state index contributed by atoms with van der Waals surface area (Å²) in [4.78, 5) is 0. The third kappa shape index (κ3) is 3.92. The molecule has 3 heteroatoms. The number of ether oxygens (including phenoxy) is 1. The van der Waals surface area contributed by atoms with Crippen LogP contribution >= 0.6 is 0 Å². The summed E-state index contributed by atoms with van der Waals surface area (Å²) in [5.74, 6) is 0. The first kappa shape index (κ1) is 12.5. The number of nitrogens with two attached hydrogens (primary N) is 1. The molecule has 0 fully saturated rings. The number of unbranched alkanes of at least 4 members (excludes halogenated alkanes) is 1. The van der Waals surface area contributed by atoms with E-state index >= 15 is 0 Å². The molecule has 0 atom stereocenters. The van der Waals surface area contributed by atoms with Crippen LogP contribution in [-0.2, 0) is 11.2 Å². The molecule has 1 aromatic rings. The highest BCUT2D eigenvalue weighted by Gasteiger charge is 2.01. The molecule has 0 saturated heterocycles. The Hall–Kier alpha value is -1.53. The third-order valence-corrected chi connectivity index (χ3v) is 2.46. The van der Waals surface area contributed by atoms with Gasteiger partial charge in [0.1, 0.15) is 0 Å². The molecule has 0 aliphatic carbocycles. The fourth-order valence-electron chi connectivity index (χ4n) is 1.56. The SMILES string of the molecule is CCOCCCCc1cc(C#N)ccc1N. The number of hydrogen-bond acceptors (Lipinski definition) is 3. The second-order valence-corrected chi connectivity index (χ2v) is 3.68. The Morgan fingerprint density at radius 2 is 2.19 bits per heavy atom. The molecular formula is C13H18N2O. The summed E-state index contributed by atoms with van der Waals surface area (Å²) in [6.07, 6.45) is 2.98. The molecule has 0 saturated carbocycles. The molecule has 0 amide bonds. The van der Waals surface area contributed by atoms with Gasteiger partial charge in [0.2, 0.25) is 0 Å². The van der Waals surface area contributed by atoms with Crippen molar-refractivity contribution in [1.29, 1.82) is 5.26 Å². The van der Waals surface area contributed by atoms with Crippen molar-refractivity contribution in [3.05, 3.63) is 29.3 Å².